The highest BCUT2D eigenvalue weighted by molar-refractivity contribution is 6.35. The van der Waals surface area contributed by atoms with E-state index in [9.17, 15) is 4.39 Å². The molecule has 0 atom stereocenters. The molecule has 120 valence electrons. The summed E-state index contributed by atoms with van der Waals surface area (Å²) in [5.74, 6) is 0.473. The lowest BCUT2D eigenvalue weighted by molar-refractivity contribution is 0.392. The Hall–Kier alpha value is -2.14. The fourth-order valence-electron chi connectivity index (χ4n) is 2.63. The predicted molar refractivity (Wildman–Crippen MR) is 89.5 cm³/mol. The number of benzene rings is 1. The average Bonchev–Trinajstić information content (AvgIpc) is 2.85. The second-order valence-electron chi connectivity index (χ2n) is 5.45. The van der Waals surface area contributed by atoms with Gasteiger partial charge in [-0.15, -0.1) is 0 Å². The summed E-state index contributed by atoms with van der Waals surface area (Å²) < 4.78 is 19.6. The van der Waals surface area contributed by atoms with E-state index in [4.69, 9.17) is 16.1 Å². The summed E-state index contributed by atoms with van der Waals surface area (Å²) in [6.07, 6.45) is 3.20. The van der Waals surface area contributed by atoms with E-state index in [1.807, 2.05) is 13.8 Å². The standard InChI is InChI=1S/C17H17ClFN3O/c1-10-12(11(2)23-22-10)4-3-8-20-15-6-5-13-14(18)7-9-21-17(13)16(15)19/h5-7,9,20H,3-4,8H2,1-2H3. The third-order valence-electron chi connectivity index (χ3n) is 3.90. The van der Waals surface area contributed by atoms with Crippen LogP contribution in [0.5, 0.6) is 0 Å². The van der Waals surface area contributed by atoms with E-state index in [1.165, 1.54) is 6.20 Å². The van der Waals surface area contributed by atoms with Crippen LogP contribution in [0.15, 0.2) is 28.9 Å². The molecule has 0 aliphatic carbocycles. The Labute approximate surface area is 138 Å². The van der Waals surface area contributed by atoms with Gasteiger partial charge in [0.05, 0.1) is 16.4 Å². The van der Waals surface area contributed by atoms with Gasteiger partial charge in [0, 0.05) is 23.7 Å². The summed E-state index contributed by atoms with van der Waals surface area (Å²) in [5.41, 5.74) is 2.76. The molecule has 0 bridgehead atoms. The highest BCUT2D eigenvalue weighted by Crippen LogP contribution is 2.27. The summed E-state index contributed by atoms with van der Waals surface area (Å²) in [6.45, 7) is 4.48. The maximum absolute atomic E-state index is 14.5. The first-order chi connectivity index (χ1) is 11.1. The van der Waals surface area contributed by atoms with Crippen molar-refractivity contribution >= 4 is 28.2 Å². The number of hydrogen-bond donors (Lipinski definition) is 1. The van der Waals surface area contributed by atoms with Crippen LogP contribution in [0.2, 0.25) is 5.02 Å². The molecule has 0 radical (unpaired) electrons. The molecule has 2 heterocycles. The van der Waals surface area contributed by atoms with E-state index in [0.717, 1.165) is 29.9 Å². The van der Waals surface area contributed by atoms with E-state index in [1.54, 1.807) is 18.2 Å². The first kappa shape index (κ1) is 15.7. The lowest BCUT2D eigenvalue weighted by Crippen LogP contribution is -2.05. The van der Waals surface area contributed by atoms with Crippen LogP contribution < -0.4 is 5.32 Å². The van der Waals surface area contributed by atoms with E-state index >= 15 is 0 Å². The van der Waals surface area contributed by atoms with Gasteiger partial charge in [0.1, 0.15) is 11.3 Å². The van der Waals surface area contributed by atoms with Crippen molar-refractivity contribution in [2.75, 3.05) is 11.9 Å². The molecule has 23 heavy (non-hydrogen) atoms. The Bertz CT molecular complexity index is 828. The molecule has 0 spiro atoms. The number of nitrogens with zero attached hydrogens (tertiary/aromatic N) is 2. The van der Waals surface area contributed by atoms with Crippen LogP contribution in [-0.2, 0) is 6.42 Å². The Balaban J connectivity index is 1.67. The minimum atomic E-state index is -0.373. The second kappa shape index (κ2) is 6.54. The molecule has 0 saturated heterocycles. The number of hydrogen-bond acceptors (Lipinski definition) is 4. The molecule has 3 rings (SSSR count). The maximum Gasteiger partial charge on any atom is 0.172 e. The van der Waals surface area contributed by atoms with Crippen LogP contribution in [0, 0.1) is 19.7 Å². The van der Waals surface area contributed by atoms with Crippen LogP contribution in [0.3, 0.4) is 0 Å². The summed E-state index contributed by atoms with van der Waals surface area (Å²) >= 11 is 6.05. The summed E-state index contributed by atoms with van der Waals surface area (Å²) in [6, 6.07) is 5.13. The molecular formula is C17H17ClFN3O. The number of fused-ring (bicyclic) bond motifs is 1. The number of aromatic nitrogens is 2. The highest BCUT2D eigenvalue weighted by Gasteiger charge is 2.11. The van der Waals surface area contributed by atoms with Gasteiger partial charge in [-0.2, -0.15) is 0 Å². The van der Waals surface area contributed by atoms with E-state index in [0.29, 0.717) is 22.6 Å². The minimum absolute atomic E-state index is 0.285. The number of pyridine rings is 1. The second-order valence-corrected chi connectivity index (χ2v) is 5.86. The van der Waals surface area contributed by atoms with Crippen LogP contribution in [-0.4, -0.2) is 16.7 Å². The van der Waals surface area contributed by atoms with Gasteiger partial charge >= 0.3 is 0 Å². The molecule has 0 aliphatic heterocycles. The van der Waals surface area contributed by atoms with Crippen LogP contribution in [0.1, 0.15) is 23.4 Å². The maximum atomic E-state index is 14.5. The highest BCUT2D eigenvalue weighted by atomic mass is 35.5. The van der Waals surface area contributed by atoms with E-state index < -0.39 is 0 Å². The van der Waals surface area contributed by atoms with Gasteiger partial charge < -0.3 is 9.84 Å². The summed E-state index contributed by atoms with van der Waals surface area (Å²) in [7, 11) is 0. The zero-order valence-electron chi connectivity index (χ0n) is 13.0. The first-order valence-electron chi connectivity index (χ1n) is 7.46. The summed E-state index contributed by atoms with van der Waals surface area (Å²) in [5, 5.41) is 8.17. The van der Waals surface area contributed by atoms with Crippen molar-refractivity contribution in [3.63, 3.8) is 0 Å². The van der Waals surface area contributed by atoms with Crippen LogP contribution in [0.4, 0.5) is 10.1 Å². The monoisotopic (exact) mass is 333 g/mol. The van der Waals surface area contributed by atoms with Crippen molar-refractivity contribution in [3.8, 4) is 0 Å². The smallest absolute Gasteiger partial charge is 0.172 e. The molecule has 3 aromatic rings. The van der Waals surface area contributed by atoms with Crippen molar-refractivity contribution in [2.45, 2.75) is 26.7 Å². The number of anilines is 1. The third kappa shape index (κ3) is 3.15. The van der Waals surface area contributed by atoms with Gasteiger partial charge in [-0.05, 0) is 44.9 Å². The first-order valence-corrected chi connectivity index (χ1v) is 7.84. The molecule has 6 heteroatoms. The lowest BCUT2D eigenvalue weighted by Gasteiger charge is -2.09. The Morgan fingerprint density at radius 2 is 2.09 bits per heavy atom. The SMILES string of the molecule is Cc1noc(C)c1CCCNc1ccc2c(Cl)ccnc2c1F. The average molecular weight is 334 g/mol. The topological polar surface area (TPSA) is 51.0 Å². The van der Waals surface area contributed by atoms with Gasteiger partial charge in [0.15, 0.2) is 5.82 Å². The van der Waals surface area contributed by atoms with Gasteiger partial charge in [-0.25, -0.2) is 4.39 Å². The fourth-order valence-corrected chi connectivity index (χ4v) is 2.84. The molecule has 0 unspecified atom stereocenters. The molecule has 2 aromatic heterocycles. The van der Waals surface area contributed by atoms with E-state index in [-0.39, 0.29) is 11.3 Å². The Morgan fingerprint density at radius 1 is 1.26 bits per heavy atom. The van der Waals surface area contributed by atoms with Gasteiger partial charge in [0.2, 0.25) is 0 Å². The van der Waals surface area contributed by atoms with Crippen LogP contribution >= 0.6 is 11.6 Å². The molecule has 0 amide bonds. The van der Waals surface area contributed by atoms with Gasteiger partial charge in [-0.3, -0.25) is 4.98 Å². The number of halogens is 2. The minimum Gasteiger partial charge on any atom is -0.383 e. The quantitative estimate of drug-likeness (QED) is 0.689. The largest absolute Gasteiger partial charge is 0.383 e. The lowest BCUT2D eigenvalue weighted by atomic mass is 10.1. The third-order valence-corrected chi connectivity index (χ3v) is 4.23. The summed E-state index contributed by atoms with van der Waals surface area (Å²) in [4.78, 5) is 4.07. The predicted octanol–water partition coefficient (Wildman–Crippen LogP) is 4.68. The molecule has 0 saturated carbocycles. The van der Waals surface area contributed by atoms with Crippen LogP contribution in [0.25, 0.3) is 10.9 Å². The van der Waals surface area contributed by atoms with E-state index in [2.05, 4.69) is 15.5 Å². The molecular weight excluding hydrogens is 317 g/mol. The number of nitrogens with one attached hydrogen (secondary N) is 1. The normalized spacial score (nSPS) is 11.1. The van der Waals surface area contributed by atoms with Gasteiger partial charge in [-0.1, -0.05) is 16.8 Å². The molecule has 1 N–H and O–H groups in total. The Kier molecular flexibility index (Phi) is 4.48. The van der Waals surface area contributed by atoms with Gasteiger partial charge in [0.25, 0.3) is 0 Å². The number of aryl methyl sites for hydroxylation is 2. The zero-order chi connectivity index (χ0) is 16.4. The van der Waals surface area contributed by atoms with Crippen molar-refractivity contribution in [1.29, 1.82) is 0 Å². The molecule has 4 nitrogen and oxygen atoms in total. The van der Waals surface area contributed by atoms with Crippen molar-refractivity contribution in [2.24, 2.45) is 0 Å². The van der Waals surface area contributed by atoms with Crippen molar-refractivity contribution in [1.82, 2.24) is 10.1 Å². The molecule has 0 aliphatic rings. The molecule has 0 fully saturated rings. The fraction of sp³-hybridized carbons (Fsp3) is 0.294. The Morgan fingerprint density at radius 3 is 2.83 bits per heavy atom. The van der Waals surface area contributed by atoms with Crippen molar-refractivity contribution < 1.29 is 8.91 Å². The number of rotatable bonds is 5. The molecule has 1 aromatic carbocycles. The van der Waals surface area contributed by atoms with Crippen molar-refractivity contribution in [3.05, 3.63) is 52.3 Å². The zero-order valence-corrected chi connectivity index (χ0v) is 13.7.